The van der Waals surface area contributed by atoms with E-state index in [0.717, 1.165) is 12.8 Å². The van der Waals surface area contributed by atoms with E-state index in [1.54, 1.807) is 11.5 Å². The number of aromatic nitrogens is 2. The lowest BCUT2D eigenvalue weighted by Crippen LogP contribution is -2.41. The average molecular weight is 358 g/mol. The number of benzene rings is 1. The van der Waals surface area contributed by atoms with Crippen molar-refractivity contribution >= 4 is 28.8 Å². The number of rotatable bonds is 4. The molecule has 3 rings (SSSR count). The highest BCUT2D eigenvalue weighted by Crippen LogP contribution is 2.16. The van der Waals surface area contributed by atoms with Gasteiger partial charge in [-0.25, -0.2) is 14.6 Å². The Morgan fingerprint density at radius 2 is 2.12 bits per heavy atom. The monoisotopic (exact) mass is 358 g/mol. The van der Waals surface area contributed by atoms with Crippen LogP contribution in [0.4, 0.5) is 4.79 Å². The zero-order valence-electron chi connectivity index (χ0n) is 14.2. The first-order valence-electron chi connectivity index (χ1n) is 8.28. The fourth-order valence-electron chi connectivity index (χ4n) is 2.79. The molecule has 136 valence electrons. The van der Waals surface area contributed by atoms with Gasteiger partial charge in [-0.05, 0) is 31.5 Å². The lowest BCUT2D eigenvalue weighted by molar-refractivity contribution is -0.123. The second-order valence-electron chi connectivity index (χ2n) is 5.80. The molecule has 0 radical (unpaired) electrons. The lowest BCUT2D eigenvalue weighted by Gasteiger charge is -2.08. The number of esters is 1. The van der Waals surface area contributed by atoms with Gasteiger partial charge in [-0.3, -0.25) is 19.5 Å². The smallest absolute Gasteiger partial charge is 0.338 e. The largest absolute Gasteiger partial charge is 0.452 e. The molecule has 9 nitrogen and oxygen atoms in total. The first kappa shape index (κ1) is 17.6. The first-order valence-corrected chi connectivity index (χ1v) is 8.28. The van der Waals surface area contributed by atoms with Crippen LogP contribution >= 0.6 is 0 Å². The van der Waals surface area contributed by atoms with Crippen molar-refractivity contribution in [2.75, 3.05) is 13.2 Å². The van der Waals surface area contributed by atoms with Gasteiger partial charge in [0.25, 0.3) is 11.5 Å². The summed E-state index contributed by atoms with van der Waals surface area (Å²) in [5, 5.41) is 4.85. The molecule has 0 saturated heterocycles. The summed E-state index contributed by atoms with van der Waals surface area (Å²) < 4.78 is 6.54. The molecule has 0 unspecified atom stereocenters. The number of amides is 3. The van der Waals surface area contributed by atoms with E-state index in [9.17, 15) is 19.2 Å². The molecule has 2 heterocycles. The molecule has 0 saturated carbocycles. The standard InChI is InChI=1S/C17H18N4O5/c1-2-18-17(25)20-14(22)9-26-16(24)10-5-6-11-12(8-10)19-13-4-3-7-21(13)15(11)23/h5-6,8H,2-4,7,9H2,1H3,(H2,18,20,22,25). The number of nitrogens with one attached hydrogen (secondary N) is 2. The number of hydrogen-bond acceptors (Lipinski definition) is 6. The summed E-state index contributed by atoms with van der Waals surface area (Å²) in [6, 6.07) is 3.80. The van der Waals surface area contributed by atoms with E-state index in [2.05, 4.69) is 10.3 Å². The third-order valence-corrected chi connectivity index (χ3v) is 3.98. The van der Waals surface area contributed by atoms with Gasteiger partial charge in [0.1, 0.15) is 5.82 Å². The van der Waals surface area contributed by atoms with Gasteiger partial charge in [-0.1, -0.05) is 0 Å². The zero-order chi connectivity index (χ0) is 18.7. The molecule has 1 aliphatic heterocycles. The Kier molecular flexibility index (Phi) is 4.97. The van der Waals surface area contributed by atoms with Crippen LogP contribution in [0.3, 0.4) is 0 Å². The van der Waals surface area contributed by atoms with Crippen molar-refractivity contribution in [2.45, 2.75) is 26.3 Å². The fraction of sp³-hybridized carbons (Fsp3) is 0.353. The maximum atomic E-state index is 12.4. The van der Waals surface area contributed by atoms with Crippen LogP contribution in [-0.2, 0) is 22.5 Å². The second-order valence-corrected chi connectivity index (χ2v) is 5.80. The van der Waals surface area contributed by atoms with Crippen molar-refractivity contribution in [1.29, 1.82) is 0 Å². The minimum Gasteiger partial charge on any atom is -0.452 e. The van der Waals surface area contributed by atoms with Gasteiger partial charge in [-0.15, -0.1) is 0 Å². The van der Waals surface area contributed by atoms with Crippen LogP contribution in [-0.4, -0.2) is 40.6 Å². The van der Waals surface area contributed by atoms with E-state index in [4.69, 9.17) is 4.74 Å². The van der Waals surface area contributed by atoms with Crippen LogP contribution in [0.2, 0.25) is 0 Å². The molecule has 0 atom stereocenters. The predicted octanol–water partition coefficient (Wildman–Crippen LogP) is 0.345. The molecule has 26 heavy (non-hydrogen) atoms. The minimum atomic E-state index is -0.737. The molecule has 9 heteroatoms. The second kappa shape index (κ2) is 7.34. The highest BCUT2D eigenvalue weighted by molar-refractivity contribution is 5.98. The molecule has 0 fully saturated rings. The summed E-state index contributed by atoms with van der Waals surface area (Å²) in [6.07, 6.45) is 1.59. The molecule has 1 aliphatic rings. The molecule has 0 bridgehead atoms. The van der Waals surface area contributed by atoms with E-state index in [-0.39, 0.29) is 11.1 Å². The number of imide groups is 1. The number of fused-ring (bicyclic) bond motifs is 2. The Labute approximate surface area is 148 Å². The number of carbonyl (C=O) groups is 3. The van der Waals surface area contributed by atoms with Crippen molar-refractivity contribution in [1.82, 2.24) is 20.2 Å². The quantitative estimate of drug-likeness (QED) is 0.761. The predicted molar refractivity (Wildman–Crippen MR) is 91.8 cm³/mol. The summed E-state index contributed by atoms with van der Waals surface area (Å²) in [6.45, 7) is 2.14. The molecule has 2 aromatic rings. The van der Waals surface area contributed by atoms with Gasteiger partial charge in [0.2, 0.25) is 0 Å². The minimum absolute atomic E-state index is 0.122. The van der Waals surface area contributed by atoms with E-state index in [1.165, 1.54) is 18.2 Å². The number of ether oxygens (including phenoxy) is 1. The number of nitrogens with zero attached hydrogens (tertiary/aromatic N) is 2. The SMILES string of the molecule is CCNC(=O)NC(=O)COC(=O)c1ccc2c(=O)n3c(nc2c1)CCC3. The number of carbonyl (C=O) groups excluding carboxylic acids is 3. The Morgan fingerprint density at radius 3 is 2.88 bits per heavy atom. The summed E-state index contributed by atoms with van der Waals surface area (Å²) in [4.78, 5) is 51.7. The molecular weight excluding hydrogens is 340 g/mol. The topological polar surface area (TPSA) is 119 Å². The van der Waals surface area contributed by atoms with Crippen molar-refractivity contribution in [2.24, 2.45) is 0 Å². The summed E-state index contributed by atoms with van der Waals surface area (Å²) in [5.41, 5.74) is 0.478. The number of urea groups is 1. The third kappa shape index (κ3) is 3.56. The summed E-state index contributed by atoms with van der Waals surface area (Å²) in [7, 11) is 0. The van der Waals surface area contributed by atoms with Crippen LogP contribution < -0.4 is 16.2 Å². The molecule has 1 aromatic heterocycles. The lowest BCUT2D eigenvalue weighted by atomic mass is 10.1. The average Bonchev–Trinajstić information content (AvgIpc) is 3.08. The van der Waals surface area contributed by atoms with E-state index in [0.29, 0.717) is 29.8 Å². The number of hydrogen-bond donors (Lipinski definition) is 2. The maximum Gasteiger partial charge on any atom is 0.338 e. The normalized spacial score (nSPS) is 12.5. The molecular formula is C17H18N4O5. The molecule has 0 spiro atoms. The Balaban J connectivity index is 1.71. The van der Waals surface area contributed by atoms with Crippen LogP contribution in [0.5, 0.6) is 0 Å². The Hall–Kier alpha value is -3.23. The van der Waals surface area contributed by atoms with Gasteiger partial charge in [0, 0.05) is 19.5 Å². The molecule has 0 aliphatic carbocycles. The van der Waals surface area contributed by atoms with Gasteiger partial charge in [0.05, 0.1) is 16.5 Å². The maximum absolute atomic E-state index is 12.4. The van der Waals surface area contributed by atoms with Gasteiger partial charge in [0.15, 0.2) is 6.61 Å². The summed E-state index contributed by atoms with van der Waals surface area (Å²) in [5.74, 6) is -0.769. The molecule has 3 amide bonds. The Bertz CT molecular complexity index is 950. The highest BCUT2D eigenvalue weighted by atomic mass is 16.5. The van der Waals surface area contributed by atoms with Crippen molar-refractivity contribution in [3.8, 4) is 0 Å². The third-order valence-electron chi connectivity index (χ3n) is 3.98. The van der Waals surface area contributed by atoms with Crippen molar-refractivity contribution in [3.05, 3.63) is 39.9 Å². The molecule has 1 aromatic carbocycles. The van der Waals surface area contributed by atoms with E-state index >= 15 is 0 Å². The van der Waals surface area contributed by atoms with Crippen LogP contribution in [0.15, 0.2) is 23.0 Å². The van der Waals surface area contributed by atoms with Crippen LogP contribution in [0.1, 0.15) is 29.5 Å². The fourth-order valence-corrected chi connectivity index (χ4v) is 2.79. The first-order chi connectivity index (χ1) is 12.5. The van der Waals surface area contributed by atoms with Crippen LogP contribution in [0.25, 0.3) is 10.9 Å². The Morgan fingerprint density at radius 1 is 1.31 bits per heavy atom. The summed E-state index contributed by atoms with van der Waals surface area (Å²) >= 11 is 0. The van der Waals surface area contributed by atoms with E-state index in [1.807, 2.05) is 5.32 Å². The highest BCUT2D eigenvalue weighted by Gasteiger charge is 2.18. The van der Waals surface area contributed by atoms with Crippen molar-refractivity contribution < 1.29 is 19.1 Å². The van der Waals surface area contributed by atoms with E-state index < -0.39 is 24.5 Å². The zero-order valence-corrected chi connectivity index (χ0v) is 14.2. The van der Waals surface area contributed by atoms with Crippen molar-refractivity contribution in [3.63, 3.8) is 0 Å². The van der Waals surface area contributed by atoms with Crippen LogP contribution in [0, 0.1) is 0 Å². The molecule has 2 N–H and O–H groups in total. The van der Waals surface area contributed by atoms with Gasteiger partial charge in [-0.2, -0.15) is 0 Å². The van der Waals surface area contributed by atoms with Gasteiger partial charge < -0.3 is 10.1 Å². The number of aryl methyl sites for hydroxylation is 1. The van der Waals surface area contributed by atoms with Gasteiger partial charge >= 0.3 is 12.0 Å².